The molecule has 4 heteroatoms. The molecule has 0 spiro atoms. The summed E-state index contributed by atoms with van der Waals surface area (Å²) in [5.41, 5.74) is 2.23. The molecule has 1 aliphatic rings. The number of hydrogen-bond acceptors (Lipinski definition) is 4. The van der Waals surface area contributed by atoms with Crippen LogP contribution >= 0.6 is 0 Å². The van der Waals surface area contributed by atoms with Crippen molar-refractivity contribution >= 4 is 6.08 Å². The number of rotatable bonds is 8. The van der Waals surface area contributed by atoms with Gasteiger partial charge >= 0.3 is 0 Å². The highest BCUT2D eigenvalue weighted by Gasteiger charge is 2.34. The number of aliphatic hydroxyl groups excluding tert-OH is 2. The number of aliphatic hydroxyl groups is 2. The van der Waals surface area contributed by atoms with Crippen molar-refractivity contribution in [2.45, 2.75) is 24.7 Å². The minimum absolute atomic E-state index is 0.0868. The van der Waals surface area contributed by atoms with Gasteiger partial charge in [-0.1, -0.05) is 36.9 Å². The highest BCUT2D eigenvalue weighted by Crippen LogP contribution is 2.23. The van der Waals surface area contributed by atoms with Gasteiger partial charge in [0.1, 0.15) is 12.2 Å². The Labute approximate surface area is 113 Å². The molecule has 1 heterocycles. The first-order valence-corrected chi connectivity index (χ1v) is 6.47. The fourth-order valence-corrected chi connectivity index (χ4v) is 1.99. The second kappa shape index (κ2) is 6.82. The third-order valence-corrected chi connectivity index (χ3v) is 3.18. The lowest BCUT2D eigenvalue weighted by atomic mass is 10.00. The van der Waals surface area contributed by atoms with Gasteiger partial charge in [-0.05, 0) is 11.1 Å². The monoisotopic (exact) mass is 264 g/mol. The molecule has 3 unspecified atom stereocenters. The van der Waals surface area contributed by atoms with Crippen molar-refractivity contribution < 1.29 is 19.7 Å². The average Bonchev–Trinajstić information content (AvgIpc) is 3.28. The molecule has 1 fully saturated rings. The van der Waals surface area contributed by atoms with Gasteiger partial charge in [-0.15, -0.1) is 0 Å². The van der Waals surface area contributed by atoms with E-state index < -0.39 is 6.10 Å². The zero-order valence-electron chi connectivity index (χ0n) is 10.9. The first-order chi connectivity index (χ1) is 9.24. The first kappa shape index (κ1) is 14.2. The van der Waals surface area contributed by atoms with Crippen LogP contribution in [-0.2, 0) is 15.9 Å². The molecule has 0 radical (unpaired) electrons. The van der Waals surface area contributed by atoms with Crippen molar-refractivity contribution in [1.29, 1.82) is 0 Å². The SMILES string of the molecule is C=Cc1ccccc1CC(OCC(O)CO)C1CO1. The molecule has 0 amide bonds. The summed E-state index contributed by atoms with van der Waals surface area (Å²) in [4.78, 5) is 0. The lowest BCUT2D eigenvalue weighted by Crippen LogP contribution is -2.29. The minimum atomic E-state index is -0.837. The summed E-state index contributed by atoms with van der Waals surface area (Å²) in [7, 11) is 0. The molecule has 2 rings (SSSR count). The van der Waals surface area contributed by atoms with Gasteiger partial charge < -0.3 is 19.7 Å². The summed E-state index contributed by atoms with van der Waals surface area (Å²) >= 11 is 0. The van der Waals surface area contributed by atoms with Gasteiger partial charge in [0.25, 0.3) is 0 Å². The van der Waals surface area contributed by atoms with Crippen LogP contribution < -0.4 is 0 Å². The summed E-state index contributed by atoms with van der Waals surface area (Å²) in [6.45, 7) is 4.32. The largest absolute Gasteiger partial charge is 0.394 e. The number of benzene rings is 1. The van der Waals surface area contributed by atoms with Gasteiger partial charge in [-0.2, -0.15) is 0 Å². The predicted molar refractivity (Wildman–Crippen MR) is 72.8 cm³/mol. The lowest BCUT2D eigenvalue weighted by Gasteiger charge is -2.18. The third kappa shape index (κ3) is 4.14. The Bertz CT molecular complexity index is 414. The lowest BCUT2D eigenvalue weighted by molar-refractivity contribution is -0.0366. The average molecular weight is 264 g/mol. The van der Waals surface area contributed by atoms with E-state index in [-0.39, 0.29) is 25.4 Å². The van der Waals surface area contributed by atoms with Crippen molar-refractivity contribution in [2.75, 3.05) is 19.8 Å². The Morgan fingerprint density at radius 3 is 2.84 bits per heavy atom. The van der Waals surface area contributed by atoms with Crippen LogP contribution in [0.1, 0.15) is 11.1 Å². The molecule has 1 aromatic carbocycles. The normalized spacial score (nSPS) is 20.8. The zero-order chi connectivity index (χ0) is 13.7. The van der Waals surface area contributed by atoms with Crippen LogP contribution in [0, 0.1) is 0 Å². The Balaban J connectivity index is 1.98. The van der Waals surface area contributed by atoms with Gasteiger partial charge in [0, 0.05) is 6.42 Å². The highest BCUT2D eigenvalue weighted by molar-refractivity contribution is 5.51. The number of epoxide rings is 1. The van der Waals surface area contributed by atoms with Crippen molar-refractivity contribution in [1.82, 2.24) is 0 Å². The molecule has 1 aromatic rings. The molecule has 3 atom stereocenters. The molecule has 4 nitrogen and oxygen atoms in total. The van der Waals surface area contributed by atoms with E-state index in [1.165, 1.54) is 0 Å². The van der Waals surface area contributed by atoms with E-state index in [1.807, 2.05) is 30.3 Å². The van der Waals surface area contributed by atoms with Crippen LogP contribution in [0.3, 0.4) is 0 Å². The second-order valence-corrected chi connectivity index (χ2v) is 4.69. The standard InChI is InChI=1S/C15H20O4/c1-2-11-5-3-4-6-12(11)7-14(15-10-19-15)18-9-13(17)8-16/h2-6,13-17H,1,7-10H2. The van der Waals surface area contributed by atoms with E-state index in [1.54, 1.807) is 0 Å². The summed E-state index contributed by atoms with van der Waals surface area (Å²) < 4.78 is 10.9. The molecule has 0 saturated carbocycles. The van der Waals surface area contributed by atoms with Gasteiger partial charge in [-0.3, -0.25) is 0 Å². The minimum Gasteiger partial charge on any atom is -0.394 e. The molecule has 1 aliphatic heterocycles. The van der Waals surface area contributed by atoms with Crippen molar-refractivity contribution in [3.63, 3.8) is 0 Å². The van der Waals surface area contributed by atoms with Crippen LogP contribution in [0.2, 0.25) is 0 Å². The number of hydrogen-bond donors (Lipinski definition) is 2. The zero-order valence-corrected chi connectivity index (χ0v) is 10.9. The first-order valence-electron chi connectivity index (χ1n) is 6.47. The molecule has 2 N–H and O–H groups in total. The van der Waals surface area contributed by atoms with Crippen LogP contribution in [0.15, 0.2) is 30.8 Å². The maximum Gasteiger partial charge on any atom is 0.107 e. The summed E-state index contributed by atoms with van der Waals surface area (Å²) in [5, 5.41) is 18.1. The van der Waals surface area contributed by atoms with Gasteiger partial charge in [0.15, 0.2) is 0 Å². The molecular weight excluding hydrogens is 244 g/mol. The van der Waals surface area contributed by atoms with E-state index in [0.29, 0.717) is 13.0 Å². The van der Waals surface area contributed by atoms with Crippen LogP contribution in [0.5, 0.6) is 0 Å². The van der Waals surface area contributed by atoms with E-state index in [4.69, 9.17) is 14.6 Å². The topological polar surface area (TPSA) is 62.2 Å². The summed E-state index contributed by atoms with van der Waals surface area (Å²) in [5.74, 6) is 0. The molecule has 0 aliphatic carbocycles. The van der Waals surface area contributed by atoms with Crippen molar-refractivity contribution in [3.05, 3.63) is 42.0 Å². The molecule has 0 bridgehead atoms. The molecule has 19 heavy (non-hydrogen) atoms. The van der Waals surface area contributed by atoms with Gasteiger partial charge in [-0.25, -0.2) is 0 Å². The van der Waals surface area contributed by atoms with Crippen LogP contribution in [0.4, 0.5) is 0 Å². The second-order valence-electron chi connectivity index (χ2n) is 4.69. The Hall–Kier alpha value is -1.20. The Morgan fingerprint density at radius 2 is 2.21 bits per heavy atom. The summed E-state index contributed by atoms with van der Waals surface area (Å²) in [6.07, 6.45) is 1.69. The molecular formula is C15H20O4. The molecule has 104 valence electrons. The van der Waals surface area contributed by atoms with Gasteiger partial charge in [0.05, 0.1) is 25.9 Å². The smallest absolute Gasteiger partial charge is 0.107 e. The maximum atomic E-state index is 9.34. The Kier molecular flexibility index (Phi) is 5.10. The van der Waals surface area contributed by atoms with Crippen LogP contribution in [-0.4, -0.2) is 48.3 Å². The maximum absolute atomic E-state index is 9.34. The van der Waals surface area contributed by atoms with Crippen molar-refractivity contribution in [2.24, 2.45) is 0 Å². The Morgan fingerprint density at radius 1 is 1.47 bits per heavy atom. The van der Waals surface area contributed by atoms with Gasteiger partial charge in [0.2, 0.25) is 0 Å². The van der Waals surface area contributed by atoms with E-state index in [0.717, 1.165) is 11.1 Å². The van der Waals surface area contributed by atoms with Crippen molar-refractivity contribution in [3.8, 4) is 0 Å². The molecule has 1 saturated heterocycles. The quantitative estimate of drug-likeness (QED) is 0.688. The fourth-order valence-electron chi connectivity index (χ4n) is 1.99. The van der Waals surface area contributed by atoms with E-state index >= 15 is 0 Å². The van der Waals surface area contributed by atoms with E-state index in [2.05, 4.69) is 6.58 Å². The number of ether oxygens (including phenoxy) is 2. The highest BCUT2D eigenvalue weighted by atomic mass is 16.6. The predicted octanol–water partition coefficient (Wildman–Crippen LogP) is 1.01. The van der Waals surface area contributed by atoms with Crippen LogP contribution in [0.25, 0.3) is 6.08 Å². The van der Waals surface area contributed by atoms with E-state index in [9.17, 15) is 5.11 Å². The molecule has 0 aromatic heterocycles. The third-order valence-electron chi connectivity index (χ3n) is 3.18. The fraction of sp³-hybridized carbons (Fsp3) is 0.467. The summed E-state index contributed by atoms with van der Waals surface area (Å²) in [6, 6.07) is 8.00.